The van der Waals surface area contributed by atoms with Crippen molar-refractivity contribution in [3.63, 3.8) is 0 Å². The number of nitrogens with one attached hydrogen (secondary N) is 1. The first-order valence-corrected chi connectivity index (χ1v) is 7.68. The van der Waals surface area contributed by atoms with Crippen LogP contribution in [0.3, 0.4) is 0 Å². The number of hydrogen-bond donors (Lipinski definition) is 1. The molecule has 1 rings (SSSR count). The molecule has 0 spiro atoms. The summed E-state index contributed by atoms with van der Waals surface area (Å²) < 4.78 is 0. The normalized spacial score (nSPS) is 21.7. The zero-order chi connectivity index (χ0) is 12.7. The van der Waals surface area contributed by atoms with Gasteiger partial charge in [-0.25, -0.2) is 0 Å². The molecule has 1 saturated carbocycles. The lowest BCUT2D eigenvalue weighted by Crippen LogP contribution is -2.45. The minimum atomic E-state index is 0.646. The van der Waals surface area contributed by atoms with E-state index in [1.54, 1.807) is 0 Å². The van der Waals surface area contributed by atoms with Crippen molar-refractivity contribution in [1.29, 1.82) is 0 Å². The molecule has 0 bridgehead atoms. The molecule has 0 aromatic rings. The Labute approximate surface area is 108 Å². The van der Waals surface area contributed by atoms with Crippen LogP contribution >= 0.6 is 0 Å². The highest BCUT2D eigenvalue weighted by molar-refractivity contribution is 4.81. The van der Waals surface area contributed by atoms with Gasteiger partial charge in [0.2, 0.25) is 0 Å². The molecule has 2 nitrogen and oxygen atoms in total. The van der Waals surface area contributed by atoms with Gasteiger partial charge < -0.3 is 5.32 Å². The zero-order valence-electron chi connectivity index (χ0n) is 12.3. The average Bonchev–Trinajstić information content (AvgIpc) is 2.31. The Morgan fingerprint density at radius 2 is 1.76 bits per heavy atom. The van der Waals surface area contributed by atoms with Crippen LogP contribution in [0, 0.1) is 0 Å². The summed E-state index contributed by atoms with van der Waals surface area (Å²) in [5.74, 6) is 0. The Bertz CT molecular complexity index is 187. The Morgan fingerprint density at radius 3 is 2.29 bits per heavy atom. The molecule has 0 aromatic heterocycles. The van der Waals surface area contributed by atoms with E-state index in [1.807, 2.05) is 0 Å². The summed E-state index contributed by atoms with van der Waals surface area (Å²) in [6.07, 6.45) is 8.46. The molecule has 1 aliphatic carbocycles. The summed E-state index contributed by atoms with van der Waals surface area (Å²) in [5, 5.41) is 3.53. The maximum absolute atomic E-state index is 3.53. The van der Waals surface area contributed by atoms with E-state index in [-0.39, 0.29) is 0 Å². The zero-order valence-corrected chi connectivity index (χ0v) is 12.3. The van der Waals surface area contributed by atoms with Crippen LogP contribution < -0.4 is 5.32 Å². The van der Waals surface area contributed by atoms with Crippen LogP contribution in [-0.4, -0.2) is 36.1 Å². The summed E-state index contributed by atoms with van der Waals surface area (Å²) in [5.41, 5.74) is 0. The molecular formula is C15H32N2. The van der Waals surface area contributed by atoms with Gasteiger partial charge in [-0.3, -0.25) is 4.90 Å². The van der Waals surface area contributed by atoms with Crippen molar-refractivity contribution < 1.29 is 0 Å². The second-order valence-corrected chi connectivity index (χ2v) is 5.67. The van der Waals surface area contributed by atoms with Crippen molar-refractivity contribution in [1.82, 2.24) is 10.2 Å². The van der Waals surface area contributed by atoms with E-state index < -0.39 is 0 Å². The molecule has 17 heavy (non-hydrogen) atoms. The molecule has 0 aromatic carbocycles. The van der Waals surface area contributed by atoms with Gasteiger partial charge in [-0.1, -0.05) is 33.1 Å². The monoisotopic (exact) mass is 240 g/mol. The van der Waals surface area contributed by atoms with Crippen molar-refractivity contribution >= 4 is 0 Å². The molecule has 0 aliphatic heterocycles. The molecule has 2 heteroatoms. The van der Waals surface area contributed by atoms with Gasteiger partial charge in [0.1, 0.15) is 0 Å². The molecule has 2 atom stereocenters. The Kier molecular flexibility index (Phi) is 7.14. The fourth-order valence-corrected chi connectivity index (χ4v) is 3.42. The maximum atomic E-state index is 3.53. The number of hydrogen-bond acceptors (Lipinski definition) is 2. The van der Waals surface area contributed by atoms with Gasteiger partial charge in [0.15, 0.2) is 0 Å². The number of nitrogens with zero attached hydrogens (tertiary/aromatic N) is 1. The van der Waals surface area contributed by atoms with Crippen molar-refractivity contribution in [2.75, 3.05) is 13.1 Å². The molecule has 0 amide bonds. The second-order valence-electron chi connectivity index (χ2n) is 5.67. The van der Waals surface area contributed by atoms with Crippen molar-refractivity contribution in [3.05, 3.63) is 0 Å². The van der Waals surface area contributed by atoms with Crippen LogP contribution in [0.5, 0.6) is 0 Å². The van der Waals surface area contributed by atoms with E-state index in [2.05, 4.69) is 37.9 Å². The Balaban J connectivity index is 2.41. The van der Waals surface area contributed by atoms with Gasteiger partial charge in [-0.05, 0) is 46.2 Å². The number of rotatable bonds is 7. The molecule has 102 valence electrons. The molecular weight excluding hydrogens is 208 g/mol. The third-order valence-electron chi connectivity index (χ3n) is 4.22. The average molecular weight is 240 g/mol. The van der Waals surface area contributed by atoms with Gasteiger partial charge in [0.05, 0.1) is 0 Å². The van der Waals surface area contributed by atoms with E-state index in [9.17, 15) is 0 Å². The van der Waals surface area contributed by atoms with Crippen LogP contribution in [0.25, 0.3) is 0 Å². The van der Waals surface area contributed by atoms with Crippen molar-refractivity contribution in [2.24, 2.45) is 0 Å². The highest BCUT2D eigenvalue weighted by atomic mass is 15.2. The fourth-order valence-electron chi connectivity index (χ4n) is 3.42. The lowest BCUT2D eigenvalue weighted by molar-refractivity contribution is 0.108. The van der Waals surface area contributed by atoms with E-state index in [0.717, 1.165) is 18.6 Å². The van der Waals surface area contributed by atoms with Crippen LogP contribution in [-0.2, 0) is 0 Å². The predicted molar refractivity (Wildman–Crippen MR) is 76.5 cm³/mol. The molecule has 0 saturated heterocycles. The van der Waals surface area contributed by atoms with Gasteiger partial charge >= 0.3 is 0 Å². The molecule has 1 N–H and O–H groups in total. The van der Waals surface area contributed by atoms with Gasteiger partial charge in [0, 0.05) is 18.1 Å². The third kappa shape index (κ3) is 4.97. The van der Waals surface area contributed by atoms with Gasteiger partial charge in [-0.2, -0.15) is 0 Å². The molecule has 1 aliphatic rings. The van der Waals surface area contributed by atoms with Gasteiger partial charge in [0.25, 0.3) is 0 Å². The lowest BCUT2D eigenvalue weighted by Gasteiger charge is -2.39. The third-order valence-corrected chi connectivity index (χ3v) is 4.22. The Hall–Kier alpha value is -0.0800. The second kappa shape index (κ2) is 8.10. The highest BCUT2D eigenvalue weighted by Gasteiger charge is 2.24. The summed E-state index contributed by atoms with van der Waals surface area (Å²) in [6, 6.07) is 2.22. The predicted octanol–water partition coefficient (Wildman–Crippen LogP) is 3.42. The summed E-state index contributed by atoms with van der Waals surface area (Å²) in [4.78, 5) is 2.74. The van der Waals surface area contributed by atoms with E-state index in [0.29, 0.717) is 6.04 Å². The quantitative estimate of drug-likeness (QED) is 0.733. The van der Waals surface area contributed by atoms with Crippen LogP contribution in [0.1, 0.15) is 66.2 Å². The smallest absolute Gasteiger partial charge is 0.00979 e. The minimum absolute atomic E-state index is 0.646. The van der Waals surface area contributed by atoms with Crippen LogP contribution in [0.2, 0.25) is 0 Å². The first-order valence-electron chi connectivity index (χ1n) is 7.68. The standard InChI is InChI=1S/C15H32N2/c1-5-16-13(3)12-14(4)17(6-2)15-10-8-7-9-11-15/h13-16H,5-12H2,1-4H3. The van der Waals surface area contributed by atoms with Crippen molar-refractivity contribution in [2.45, 2.75) is 84.3 Å². The summed E-state index contributed by atoms with van der Waals surface area (Å²) >= 11 is 0. The van der Waals surface area contributed by atoms with E-state index in [1.165, 1.54) is 45.1 Å². The van der Waals surface area contributed by atoms with E-state index >= 15 is 0 Å². The maximum Gasteiger partial charge on any atom is 0.00979 e. The fraction of sp³-hybridized carbons (Fsp3) is 1.00. The lowest BCUT2D eigenvalue weighted by atomic mass is 9.92. The Morgan fingerprint density at radius 1 is 1.12 bits per heavy atom. The summed E-state index contributed by atoms with van der Waals surface area (Å²) in [6.45, 7) is 11.5. The minimum Gasteiger partial charge on any atom is -0.314 e. The first kappa shape index (κ1) is 15.0. The van der Waals surface area contributed by atoms with E-state index in [4.69, 9.17) is 0 Å². The van der Waals surface area contributed by atoms with Crippen LogP contribution in [0.15, 0.2) is 0 Å². The van der Waals surface area contributed by atoms with Gasteiger partial charge in [-0.15, -0.1) is 0 Å². The molecule has 1 fully saturated rings. The van der Waals surface area contributed by atoms with Crippen molar-refractivity contribution in [3.8, 4) is 0 Å². The first-order chi connectivity index (χ1) is 8.19. The highest BCUT2D eigenvalue weighted by Crippen LogP contribution is 2.25. The molecule has 2 unspecified atom stereocenters. The summed E-state index contributed by atoms with van der Waals surface area (Å²) in [7, 11) is 0. The molecule has 0 radical (unpaired) electrons. The largest absolute Gasteiger partial charge is 0.314 e. The SMILES string of the molecule is CCNC(C)CC(C)N(CC)C1CCCCC1. The van der Waals surface area contributed by atoms with Crippen LogP contribution in [0.4, 0.5) is 0 Å². The molecule has 0 heterocycles. The topological polar surface area (TPSA) is 15.3 Å².